The second kappa shape index (κ2) is 3.88. The molecule has 3 rings (SSSR count). The summed E-state index contributed by atoms with van der Waals surface area (Å²) in [7, 11) is 0. The highest BCUT2D eigenvalue weighted by atomic mass is 16.3. The van der Waals surface area contributed by atoms with Crippen LogP contribution in [0.1, 0.15) is 0 Å². The van der Waals surface area contributed by atoms with Crippen LogP contribution < -0.4 is 11.3 Å². The third-order valence-electron chi connectivity index (χ3n) is 2.48. The number of hydrogen-bond acceptors (Lipinski definition) is 5. The SMILES string of the molecule is NNc1ccc2oc(-c3ccncc3)nc2c1. The maximum atomic E-state index is 5.65. The van der Waals surface area contributed by atoms with Crippen LogP contribution in [0.15, 0.2) is 47.1 Å². The van der Waals surface area contributed by atoms with E-state index in [0.29, 0.717) is 5.89 Å². The number of hydrazine groups is 1. The van der Waals surface area contributed by atoms with Crippen molar-refractivity contribution in [3.63, 3.8) is 0 Å². The molecule has 0 saturated heterocycles. The number of hydrogen-bond donors (Lipinski definition) is 2. The lowest BCUT2D eigenvalue weighted by atomic mass is 10.3. The Kier molecular flexibility index (Phi) is 2.23. The van der Waals surface area contributed by atoms with Gasteiger partial charge in [0, 0.05) is 18.0 Å². The lowest BCUT2D eigenvalue weighted by Gasteiger charge is -1.95. The van der Waals surface area contributed by atoms with Crippen molar-refractivity contribution in [3.05, 3.63) is 42.7 Å². The van der Waals surface area contributed by atoms with Crippen LogP contribution in [0.2, 0.25) is 0 Å². The van der Waals surface area contributed by atoms with Crippen molar-refractivity contribution < 1.29 is 4.42 Å². The minimum atomic E-state index is 0.580. The smallest absolute Gasteiger partial charge is 0.227 e. The van der Waals surface area contributed by atoms with E-state index in [1.165, 1.54) is 0 Å². The Labute approximate surface area is 97.3 Å². The number of anilines is 1. The van der Waals surface area contributed by atoms with Gasteiger partial charge in [0.15, 0.2) is 5.58 Å². The Hall–Kier alpha value is -2.40. The monoisotopic (exact) mass is 226 g/mol. The summed E-state index contributed by atoms with van der Waals surface area (Å²) >= 11 is 0. The van der Waals surface area contributed by atoms with Gasteiger partial charge in [0.05, 0.1) is 5.69 Å². The fourth-order valence-corrected chi connectivity index (χ4v) is 1.64. The third-order valence-corrected chi connectivity index (χ3v) is 2.48. The van der Waals surface area contributed by atoms with Gasteiger partial charge in [-0.15, -0.1) is 0 Å². The van der Waals surface area contributed by atoms with E-state index < -0.39 is 0 Å². The predicted octanol–water partition coefficient (Wildman–Crippen LogP) is 2.18. The normalized spacial score (nSPS) is 10.6. The fraction of sp³-hybridized carbons (Fsp3) is 0. The molecule has 0 fully saturated rings. The van der Waals surface area contributed by atoms with Crippen molar-refractivity contribution in [1.82, 2.24) is 9.97 Å². The molecule has 3 N–H and O–H groups in total. The average molecular weight is 226 g/mol. The van der Waals surface area contributed by atoms with Crippen LogP contribution in [0.25, 0.3) is 22.6 Å². The van der Waals surface area contributed by atoms with Crippen LogP contribution in [0, 0.1) is 0 Å². The predicted molar refractivity (Wildman–Crippen MR) is 65.1 cm³/mol. The highest BCUT2D eigenvalue weighted by molar-refractivity contribution is 5.79. The molecule has 0 saturated carbocycles. The number of aromatic nitrogens is 2. The Bertz CT molecular complexity index is 648. The van der Waals surface area contributed by atoms with Crippen LogP contribution >= 0.6 is 0 Å². The minimum absolute atomic E-state index is 0.580. The van der Waals surface area contributed by atoms with Gasteiger partial charge in [-0.1, -0.05) is 0 Å². The molecule has 0 spiro atoms. The number of fused-ring (bicyclic) bond motifs is 1. The van der Waals surface area contributed by atoms with Crippen LogP contribution in [0.3, 0.4) is 0 Å². The molecule has 3 aromatic rings. The molecule has 0 bridgehead atoms. The maximum absolute atomic E-state index is 5.65. The second-order valence-electron chi connectivity index (χ2n) is 3.58. The highest BCUT2D eigenvalue weighted by Crippen LogP contribution is 2.25. The number of oxazole rings is 1. The molecule has 5 heteroatoms. The van der Waals surface area contributed by atoms with Gasteiger partial charge in [0.1, 0.15) is 5.52 Å². The van der Waals surface area contributed by atoms with E-state index in [4.69, 9.17) is 10.3 Å². The molecule has 0 aliphatic heterocycles. The molecule has 0 amide bonds. The summed E-state index contributed by atoms with van der Waals surface area (Å²) in [6, 6.07) is 9.22. The first kappa shape index (κ1) is 9.80. The molecule has 0 radical (unpaired) electrons. The first-order valence-electron chi connectivity index (χ1n) is 5.14. The molecule has 0 aliphatic carbocycles. The van der Waals surface area contributed by atoms with Crippen LogP contribution in [-0.2, 0) is 0 Å². The number of pyridine rings is 1. The van der Waals surface area contributed by atoms with Crippen LogP contribution in [0.5, 0.6) is 0 Å². The quantitative estimate of drug-likeness (QED) is 0.517. The molecule has 0 aliphatic rings. The largest absolute Gasteiger partial charge is 0.436 e. The zero-order valence-electron chi connectivity index (χ0n) is 8.92. The molecule has 0 atom stereocenters. The van der Waals surface area contributed by atoms with E-state index >= 15 is 0 Å². The van der Waals surface area contributed by atoms with Crippen molar-refractivity contribution in [2.75, 3.05) is 5.43 Å². The van der Waals surface area contributed by atoms with E-state index in [1.54, 1.807) is 12.4 Å². The summed E-state index contributed by atoms with van der Waals surface area (Å²) in [6.45, 7) is 0. The van der Waals surface area contributed by atoms with Crippen molar-refractivity contribution in [3.8, 4) is 11.5 Å². The average Bonchev–Trinajstić information content (AvgIpc) is 2.82. The minimum Gasteiger partial charge on any atom is -0.436 e. The molecule has 0 unspecified atom stereocenters. The van der Waals surface area contributed by atoms with Crippen molar-refractivity contribution in [2.24, 2.45) is 5.84 Å². The second-order valence-corrected chi connectivity index (χ2v) is 3.58. The molecule has 84 valence electrons. The summed E-state index contributed by atoms with van der Waals surface area (Å²) in [4.78, 5) is 8.36. The van der Waals surface area contributed by atoms with Gasteiger partial charge in [0.2, 0.25) is 5.89 Å². The summed E-state index contributed by atoms with van der Waals surface area (Å²) in [5, 5.41) is 0. The number of benzene rings is 1. The summed E-state index contributed by atoms with van der Waals surface area (Å²) < 4.78 is 5.65. The number of nitrogens with two attached hydrogens (primary N) is 1. The van der Waals surface area contributed by atoms with E-state index in [0.717, 1.165) is 22.4 Å². The van der Waals surface area contributed by atoms with Crippen molar-refractivity contribution >= 4 is 16.8 Å². The Morgan fingerprint density at radius 1 is 1.12 bits per heavy atom. The molecular formula is C12H10N4O. The maximum Gasteiger partial charge on any atom is 0.227 e. The lowest BCUT2D eigenvalue weighted by molar-refractivity contribution is 0.619. The van der Waals surface area contributed by atoms with Crippen LogP contribution in [0.4, 0.5) is 5.69 Å². The van der Waals surface area contributed by atoms with E-state index in [2.05, 4.69) is 15.4 Å². The van der Waals surface area contributed by atoms with Gasteiger partial charge < -0.3 is 9.84 Å². The molecule has 1 aromatic carbocycles. The van der Waals surface area contributed by atoms with Crippen molar-refractivity contribution in [1.29, 1.82) is 0 Å². The van der Waals surface area contributed by atoms with Gasteiger partial charge >= 0.3 is 0 Å². The lowest BCUT2D eigenvalue weighted by Crippen LogP contribution is -2.05. The van der Waals surface area contributed by atoms with Gasteiger partial charge in [-0.3, -0.25) is 10.8 Å². The number of nitrogen functional groups attached to an aromatic ring is 1. The molecular weight excluding hydrogens is 216 g/mol. The molecule has 2 heterocycles. The van der Waals surface area contributed by atoms with E-state index in [-0.39, 0.29) is 0 Å². The number of nitrogens with one attached hydrogen (secondary N) is 1. The third kappa shape index (κ3) is 1.72. The van der Waals surface area contributed by atoms with Gasteiger partial charge in [-0.05, 0) is 30.3 Å². The highest BCUT2D eigenvalue weighted by Gasteiger charge is 2.07. The first-order chi connectivity index (χ1) is 8.36. The standard InChI is InChI=1S/C12H10N4O/c13-16-9-1-2-11-10(7-9)15-12(17-11)8-3-5-14-6-4-8/h1-7,16H,13H2. The fourth-order valence-electron chi connectivity index (χ4n) is 1.64. The summed E-state index contributed by atoms with van der Waals surface area (Å²) in [5.74, 6) is 5.92. The molecule has 2 aromatic heterocycles. The number of nitrogens with zero attached hydrogens (tertiary/aromatic N) is 2. The number of rotatable bonds is 2. The zero-order chi connectivity index (χ0) is 11.7. The first-order valence-corrected chi connectivity index (χ1v) is 5.14. The van der Waals surface area contributed by atoms with Gasteiger partial charge in [-0.25, -0.2) is 4.98 Å². The molecule has 5 nitrogen and oxygen atoms in total. The van der Waals surface area contributed by atoms with Crippen LogP contribution in [-0.4, -0.2) is 9.97 Å². The summed E-state index contributed by atoms with van der Waals surface area (Å²) in [6.07, 6.45) is 3.41. The Morgan fingerprint density at radius 2 is 1.94 bits per heavy atom. The Balaban J connectivity index is 2.14. The van der Waals surface area contributed by atoms with Crippen molar-refractivity contribution in [2.45, 2.75) is 0 Å². The molecule has 17 heavy (non-hydrogen) atoms. The zero-order valence-corrected chi connectivity index (χ0v) is 8.92. The van der Waals surface area contributed by atoms with E-state index in [1.807, 2.05) is 30.3 Å². The Morgan fingerprint density at radius 3 is 2.71 bits per heavy atom. The van der Waals surface area contributed by atoms with Gasteiger partial charge in [-0.2, -0.15) is 0 Å². The summed E-state index contributed by atoms with van der Waals surface area (Å²) in [5.41, 5.74) is 5.78. The topological polar surface area (TPSA) is 77.0 Å². The van der Waals surface area contributed by atoms with Gasteiger partial charge in [0.25, 0.3) is 0 Å². The van der Waals surface area contributed by atoms with E-state index in [9.17, 15) is 0 Å².